The Kier molecular flexibility index (Phi) is 12.7. The summed E-state index contributed by atoms with van der Waals surface area (Å²) in [6.45, 7) is 9.43. The highest BCUT2D eigenvalue weighted by molar-refractivity contribution is 7.92. The highest BCUT2D eigenvalue weighted by Crippen LogP contribution is 2.27. The number of hydrogen-bond acceptors (Lipinski definition) is 8. The van der Waals surface area contributed by atoms with Crippen molar-refractivity contribution in [3.05, 3.63) is 108 Å². The number of carbonyl (C=O) groups is 3. The number of aliphatic hydroxyl groups is 1. The number of fused-ring (bicyclic) bond motifs is 1. The average molecular weight is 742 g/mol. The van der Waals surface area contributed by atoms with Gasteiger partial charge >= 0.3 is 0 Å². The van der Waals surface area contributed by atoms with Gasteiger partial charge < -0.3 is 26.0 Å². The maximum Gasteiger partial charge on any atom is 0.270 e. The van der Waals surface area contributed by atoms with Gasteiger partial charge in [0.05, 0.1) is 33.8 Å². The number of sulfone groups is 1. The first kappa shape index (κ1) is 39.6. The minimum absolute atomic E-state index is 0.0880. The number of amides is 3. The molecule has 5 rings (SSSR count). The maximum atomic E-state index is 14.2. The van der Waals surface area contributed by atoms with Crippen molar-refractivity contribution >= 4 is 38.5 Å². The number of nitrogens with zero attached hydrogens (tertiary/aromatic N) is 2. The van der Waals surface area contributed by atoms with Gasteiger partial charge in [-0.3, -0.25) is 14.4 Å². The van der Waals surface area contributed by atoms with Gasteiger partial charge in [-0.05, 0) is 82.3 Å². The summed E-state index contributed by atoms with van der Waals surface area (Å²) in [5, 5.41) is 21.1. The van der Waals surface area contributed by atoms with Crippen molar-refractivity contribution in [2.45, 2.75) is 93.8 Å². The van der Waals surface area contributed by atoms with E-state index >= 15 is 0 Å². The molecule has 5 atom stereocenters. The van der Waals surface area contributed by atoms with Gasteiger partial charge in [0.2, 0.25) is 11.8 Å². The lowest BCUT2D eigenvalue weighted by molar-refractivity contribution is -0.141. The van der Waals surface area contributed by atoms with Crippen molar-refractivity contribution in [2.24, 2.45) is 5.92 Å². The molecule has 0 bridgehead atoms. The molecule has 1 aromatic heterocycles. The van der Waals surface area contributed by atoms with Crippen LogP contribution >= 0.6 is 0 Å². The number of carbonyl (C=O) groups excluding carboxylic acids is 3. The molecule has 2 heterocycles. The molecule has 4 aromatic rings. The molecule has 3 amide bonds. The normalized spacial score (nSPS) is 18.2. The van der Waals surface area contributed by atoms with Crippen molar-refractivity contribution < 1.29 is 27.9 Å². The standard InChI is InChI=1S/C41H51N5O6S/c1-27(2)37(45-38(48)33-21-20-29-16-12-13-19-32(29)43-33)39(49)44-34(24-28-14-8-6-9-15-28)36(47)26-46(41(3,4)5)40(50)35-25-31(22-23-42-35)53(51,52)30-17-10-7-11-18-30/h6-21,27,31,34-37,42,47H,22-26H2,1-5H3,(H,44,49)(H,45,48)/t31-,34+,35?,36-,37+/m1/s1. The molecule has 0 aliphatic carbocycles. The molecule has 1 aliphatic heterocycles. The summed E-state index contributed by atoms with van der Waals surface area (Å²) in [5.41, 5.74) is 0.941. The number of β-amino-alcohol motifs (C(OH)–C–C–N with tert-alkyl or cyclic N) is 1. The molecule has 1 unspecified atom stereocenters. The molecule has 1 fully saturated rings. The number of aromatic nitrogens is 1. The summed E-state index contributed by atoms with van der Waals surface area (Å²) in [7, 11) is -3.67. The molecular weight excluding hydrogens is 691 g/mol. The molecule has 282 valence electrons. The summed E-state index contributed by atoms with van der Waals surface area (Å²) in [6.07, 6.45) is -0.510. The van der Waals surface area contributed by atoms with Crippen LogP contribution < -0.4 is 16.0 Å². The highest BCUT2D eigenvalue weighted by Gasteiger charge is 2.41. The van der Waals surface area contributed by atoms with E-state index < -0.39 is 56.7 Å². The van der Waals surface area contributed by atoms with Crippen molar-refractivity contribution in [3.8, 4) is 0 Å². The molecule has 3 aromatic carbocycles. The number of hydrogen-bond donors (Lipinski definition) is 4. The minimum Gasteiger partial charge on any atom is -0.389 e. The Morgan fingerprint density at radius 2 is 1.55 bits per heavy atom. The van der Waals surface area contributed by atoms with E-state index in [1.807, 2.05) is 89.2 Å². The fourth-order valence-corrected chi connectivity index (χ4v) is 8.51. The molecule has 0 radical (unpaired) electrons. The second-order valence-corrected chi connectivity index (χ2v) is 17.3. The third kappa shape index (κ3) is 9.87. The first-order valence-electron chi connectivity index (χ1n) is 18.2. The van der Waals surface area contributed by atoms with Crippen LogP contribution in [-0.4, -0.2) is 89.2 Å². The first-order chi connectivity index (χ1) is 25.1. The topological polar surface area (TPSA) is 158 Å². The summed E-state index contributed by atoms with van der Waals surface area (Å²) < 4.78 is 27.0. The first-order valence-corrected chi connectivity index (χ1v) is 19.7. The van der Waals surface area contributed by atoms with E-state index in [-0.39, 0.29) is 41.8 Å². The zero-order valence-electron chi connectivity index (χ0n) is 31.0. The van der Waals surface area contributed by atoms with Crippen LogP contribution in [0.3, 0.4) is 0 Å². The Balaban J connectivity index is 1.34. The Morgan fingerprint density at radius 3 is 2.21 bits per heavy atom. The molecule has 1 saturated heterocycles. The molecule has 11 nitrogen and oxygen atoms in total. The van der Waals surface area contributed by atoms with E-state index in [0.717, 1.165) is 10.9 Å². The second kappa shape index (κ2) is 17.0. The zero-order chi connectivity index (χ0) is 38.3. The van der Waals surface area contributed by atoms with Crippen LogP contribution in [0.15, 0.2) is 102 Å². The van der Waals surface area contributed by atoms with E-state index in [1.165, 1.54) is 0 Å². The molecule has 0 spiro atoms. The highest BCUT2D eigenvalue weighted by atomic mass is 32.2. The number of rotatable bonds is 13. The quantitative estimate of drug-likeness (QED) is 0.158. The van der Waals surface area contributed by atoms with Gasteiger partial charge in [-0.15, -0.1) is 0 Å². The molecule has 1 aliphatic rings. The Hall–Kier alpha value is -4.65. The molecular formula is C41H51N5O6S. The van der Waals surface area contributed by atoms with E-state index in [2.05, 4.69) is 20.9 Å². The van der Waals surface area contributed by atoms with Crippen LogP contribution in [0, 0.1) is 5.92 Å². The SMILES string of the molecule is CC(C)[C@H](NC(=O)c1ccc2ccccc2n1)C(=O)N[C@@H](Cc1ccccc1)[C@H](O)CN(C(=O)C1C[C@H](S(=O)(=O)c2ccccc2)CCN1)C(C)(C)C. The number of piperidine rings is 1. The van der Waals surface area contributed by atoms with Crippen molar-refractivity contribution in [2.75, 3.05) is 13.1 Å². The van der Waals surface area contributed by atoms with Gasteiger partial charge in [0, 0.05) is 17.5 Å². The van der Waals surface area contributed by atoms with Gasteiger partial charge in [0.25, 0.3) is 5.91 Å². The van der Waals surface area contributed by atoms with E-state index in [9.17, 15) is 27.9 Å². The van der Waals surface area contributed by atoms with Crippen molar-refractivity contribution in [1.82, 2.24) is 25.8 Å². The van der Waals surface area contributed by atoms with Gasteiger partial charge in [0.1, 0.15) is 11.7 Å². The van der Waals surface area contributed by atoms with Crippen LogP contribution in [0.1, 0.15) is 63.5 Å². The van der Waals surface area contributed by atoms with Crippen LogP contribution in [0.5, 0.6) is 0 Å². The Morgan fingerprint density at radius 1 is 0.906 bits per heavy atom. The monoisotopic (exact) mass is 741 g/mol. The predicted octanol–water partition coefficient (Wildman–Crippen LogP) is 4.30. The Labute approximate surface area is 312 Å². The largest absolute Gasteiger partial charge is 0.389 e. The van der Waals surface area contributed by atoms with Crippen molar-refractivity contribution in [1.29, 1.82) is 0 Å². The lowest BCUT2D eigenvalue weighted by Crippen LogP contribution is -2.61. The van der Waals surface area contributed by atoms with Crippen LogP contribution in [0.4, 0.5) is 0 Å². The fraction of sp³-hybridized carbons (Fsp3) is 0.415. The smallest absolute Gasteiger partial charge is 0.270 e. The summed E-state index contributed by atoms with van der Waals surface area (Å²) in [5.74, 6) is -1.61. The number of para-hydroxylation sites is 1. The van der Waals surface area contributed by atoms with Crippen molar-refractivity contribution in [3.63, 3.8) is 0 Å². The van der Waals surface area contributed by atoms with Gasteiger partial charge in [-0.1, -0.05) is 86.6 Å². The molecule has 4 N–H and O–H groups in total. The number of aliphatic hydroxyl groups excluding tert-OH is 1. The number of nitrogens with one attached hydrogen (secondary N) is 3. The average Bonchev–Trinajstić information content (AvgIpc) is 3.15. The maximum absolute atomic E-state index is 14.2. The van der Waals surface area contributed by atoms with Gasteiger partial charge in [0.15, 0.2) is 9.84 Å². The third-order valence-corrected chi connectivity index (χ3v) is 12.0. The van der Waals surface area contributed by atoms with E-state index in [4.69, 9.17) is 0 Å². The summed E-state index contributed by atoms with van der Waals surface area (Å²) in [4.78, 5) is 47.9. The molecule has 0 saturated carbocycles. The van der Waals surface area contributed by atoms with Gasteiger partial charge in [-0.2, -0.15) is 0 Å². The number of pyridine rings is 1. The lowest BCUT2D eigenvalue weighted by Gasteiger charge is -2.42. The second-order valence-electron chi connectivity index (χ2n) is 15.1. The number of benzene rings is 3. The lowest BCUT2D eigenvalue weighted by atomic mass is 9.95. The van der Waals surface area contributed by atoms with Gasteiger partial charge in [-0.25, -0.2) is 13.4 Å². The van der Waals surface area contributed by atoms with Crippen LogP contribution in [0.25, 0.3) is 10.9 Å². The van der Waals surface area contributed by atoms with E-state index in [1.54, 1.807) is 47.4 Å². The van der Waals surface area contributed by atoms with Crippen LogP contribution in [-0.2, 0) is 25.8 Å². The Bertz CT molecular complexity index is 1980. The minimum atomic E-state index is -3.67. The molecule has 53 heavy (non-hydrogen) atoms. The fourth-order valence-electron chi connectivity index (χ4n) is 6.72. The predicted molar refractivity (Wildman–Crippen MR) is 206 cm³/mol. The summed E-state index contributed by atoms with van der Waals surface area (Å²) in [6, 6.07) is 26.0. The summed E-state index contributed by atoms with van der Waals surface area (Å²) >= 11 is 0. The van der Waals surface area contributed by atoms with Crippen LogP contribution in [0.2, 0.25) is 0 Å². The molecule has 12 heteroatoms. The zero-order valence-corrected chi connectivity index (χ0v) is 31.8. The third-order valence-electron chi connectivity index (χ3n) is 9.77. The van der Waals surface area contributed by atoms with E-state index in [0.29, 0.717) is 18.5 Å².